The molecule has 1 amide bonds. The molecule has 0 saturated carbocycles. The number of hydrogen-bond donors (Lipinski definition) is 1. The van der Waals surface area contributed by atoms with Gasteiger partial charge in [0.15, 0.2) is 0 Å². The van der Waals surface area contributed by atoms with Gasteiger partial charge in [0, 0.05) is 3.57 Å². The molecule has 4 heteroatoms. The Labute approximate surface area is 126 Å². The molecule has 0 aliphatic carbocycles. The molecule has 0 spiro atoms. The molecule has 0 fully saturated rings. The van der Waals surface area contributed by atoms with Crippen molar-refractivity contribution in [3.05, 3.63) is 57.2 Å². The number of amides is 1. The fraction of sp³-hybridized carbons (Fsp3) is 0.133. The number of rotatable bonds is 3. The summed E-state index contributed by atoms with van der Waals surface area (Å²) in [6.45, 7) is 1.98. The molecule has 0 unspecified atom stereocenters. The first-order valence-electron chi connectivity index (χ1n) is 5.82. The maximum absolute atomic E-state index is 12.2. The Morgan fingerprint density at radius 2 is 1.95 bits per heavy atom. The zero-order valence-corrected chi connectivity index (χ0v) is 12.9. The van der Waals surface area contributed by atoms with Crippen molar-refractivity contribution in [1.82, 2.24) is 0 Å². The highest BCUT2D eigenvalue weighted by Gasteiger charge is 2.12. The van der Waals surface area contributed by atoms with Crippen LogP contribution in [0.4, 0.5) is 5.69 Å². The van der Waals surface area contributed by atoms with Crippen molar-refractivity contribution in [3.63, 3.8) is 0 Å². The number of aryl methyl sites for hydroxylation is 1. The molecule has 0 radical (unpaired) electrons. The summed E-state index contributed by atoms with van der Waals surface area (Å²) in [5.74, 6) is 0.534. The van der Waals surface area contributed by atoms with Crippen LogP contribution < -0.4 is 10.1 Å². The number of carbonyl (C=O) groups is 1. The van der Waals surface area contributed by atoms with Gasteiger partial charge >= 0.3 is 0 Å². The Morgan fingerprint density at radius 1 is 1.21 bits per heavy atom. The van der Waals surface area contributed by atoms with Gasteiger partial charge in [-0.1, -0.05) is 18.2 Å². The Morgan fingerprint density at radius 3 is 2.63 bits per heavy atom. The van der Waals surface area contributed by atoms with Gasteiger partial charge < -0.3 is 10.1 Å². The molecule has 1 N–H and O–H groups in total. The van der Waals surface area contributed by atoms with E-state index in [0.717, 1.165) is 9.13 Å². The fourth-order valence-corrected chi connectivity index (χ4v) is 2.37. The topological polar surface area (TPSA) is 38.3 Å². The van der Waals surface area contributed by atoms with E-state index in [-0.39, 0.29) is 5.91 Å². The van der Waals surface area contributed by atoms with Crippen LogP contribution in [-0.4, -0.2) is 13.0 Å². The van der Waals surface area contributed by atoms with Gasteiger partial charge in [-0.05, 0) is 59.3 Å². The van der Waals surface area contributed by atoms with Gasteiger partial charge in [0.05, 0.1) is 18.4 Å². The van der Waals surface area contributed by atoms with Crippen molar-refractivity contribution in [3.8, 4) is 5.75 Å². The van der Waals surface area contributed by atoms with E-state index in [1.165, 1.54) is 0 Å². The first-order chi connectivity index (χ1) is 9.11. The van der Waals surface area contributed by atoms with Crippen molar-refractivity contribution in [2.45, 2.75) is 6.92 Å². The molecule has 0 heterocycles. The number of methoxy groups -OCH3 is 1. The number of ether oxygens (including phenoxy) is 1. The fourth-order valence-electron chi connectivity index (χ4n) is 1.74. The predicted octanol–water partition coefficient (Wildman–Crippen LogP) is 3.86. The van der Waals surface area contributed by atoms with Gasteiger partial charge in [-0.2, -0.15) is 0 Å². The quantitative estimate of drug-likeness (QED) is 0.837. The van der Waals surface area contributed by atoms with Gasteiger partial charge in [-0.3, -0.25) is 4.79 Å². The molecular formula is C15H14INO2. The molecule has 3 nitrogen and oxygen atoms in total. The van der Waals surface area contributed by atoms with Gasteiger partial charge in [0.1, 0.15) is 5.75 Å². The summed E-state index contributed by atoms with van der Waals surface area (Å²) in [7, 11) is 1.59. The lowest BCUT2D eigenvalue weighted by atomic mass is 10.2. The van der Waals surface area contributed by atoms with Crippen molar-refractivity contribution >= 4 is 34.2 Å². The van der Waals surface area contributed by atoms with E-state index < -0.39 is 0 Å². The molecule has 0 aromatic heterocycles. The maximum Gasteiger partial charge on any atom is 0.256 e. The number of hydrogen-bond acceptors (Lipinski definition) is 2. The lowest BCUT2D eigenvalue weighted by Gasteiger charge is -2.11. The first kappa shape index (κ1) is 13.9. The molecule has 0 aliphatic rings. The third-order valence-electron chi connectivity index (χ3n) is 2.72. The normalized spacial score (nSPS) is 10.1. The van der Waals surface area contributed by atoms with Crippen molar-refractivity contribution in [2.24, 2.45) is 0 Å². The minimum Gasteiger partial charge on any atom is -0.495 e. The van der Waals surface area contributed by atoms with Gasteiger partial charge in [0.2, 0.25) is 0 Å². The molecule has 2 aromatic carbocycles. The highest BCUT2D eigenvalue weighted by atomic mass is 127. The van der Waals surface area contributed by atoms with E-state index in [4.69, 9.17) is 4.74 Å². The molecular weight excluding hydrogens is 353 g/mol. The lowest BCUT2D eigenvalue weighted by Crippen LogP contribution is -2.14. The molecule has 19 heavy (non-hydrogen) atoms. The zero-order valence-electron chi connectivity index (χ0n) is 10.7. The van der Waals surface area contributed by atoms with Gasteiger partial charge in [-0.25, -0.2) is 0 Å². The van der Waals surface area contributed by atoms with Crippen molar-refractivity contribution < 1.29 is 9.53 Å². The second-order valence-corrected chi connectivity index (χ2v) is 5.30. The van der Waals surface area contributed by atoms with Gasteiger partial charge in [-0.15, -0.1) is 0 Å². The largest absolute Gasteiger partial charge is 0.495 e. The Bertz CT molecular complexity index is 611. The molecule has 2 rings (SSSR count). The van der Waals surface area contributed by atoms with Crippen LogP contribution in [0.2, 0.25) is 0 Å². The molecule has 0 atom stereocenters. The van der Waals surface area contributed by atoms with Gasteiger partial charge in [0.25, 0.3) is 5.91 Å². The molecule has 98 valence electrons. The molecule has 0 saturated heterocycles. The minimum atomic E-state index is -0.132. The highest BCUT2D eigenvalue weighted by Crippen LogP contribution is 2.26. The summed E-state index contributed by atoms with van der Waals surface area (Å²) in [4.78, 5) is 12.2. The number of benzene rings is 2. The second-order valence-electron chi connectivity index (χ2n) is 4.14. The van der Waals surface area contributed by atoms with Crippen LogP contribution >= 0.6 is 22.6 Å². The predicted molar refractivity (Wildman–Crippen MR) is 84.8 cm³/mol. The van der Waals surface area contributed by atoms with Crippen LogP contribution in [0.5, 0.6) is 5.75 Å². The van der Waals surface area contributed by atoms with Crippen LogP contribution in [0.1, 0.15) is 15.9 Å². The average Bonchev–Trinajstić information content (AvgIpc) is 2.41. The van der Waals surface area contributed by atoms with Crippen LogP contribution in [0, 0.1) is 10.5 Å². The Kier molecular flexibility index (Phi) is 4.42. The zero-order chi connectivity index (χ0) is 13.8. The third kappa shape index (κ3) is 3.26. The average molecular weight is 367 g/mol. The standard InChI is InChI=1S/C15H14INO2/c1-10-7-8-13(14(9-10)19-2)17-15(18)11-5-3-4-6-12(11)16/h3-9H,1-2H3,(H,17,18). The monoisotopic (exact) mass is 367 g/mol. The first-order valence-corrected chi connectivity index (χ1v) is 6.90. The number of anilines is 1. The summed E-state index contributed by atoms with van der Waals surface area (Å²) in [6, 6.07) is 13.1. The van der Waals surface area contributed by atoms with E-state index >= 15 is 0 Å². The SMILES string of the molecule is COc1cc(C)ccc1NC(=O)c1ccccc1I. The lowest BCUT2D eigenvalue weighted by molar-refractivity contribution is 0.102. The summed E-state index contributed by atoms with van der Waals surface area (Å²) in [5, 5.41) is 2.88. The van der Waals surface area contributed by atoms with E-state index in [0.29, 0.717) is 17.0 Å². The van der Waals surface area contributed by atoms with Crippen molar-refractivity contribution in [2.75, 3.05) is 12.4 Å². The molecule has 0 aliphatic heterocycles. The minimum absolute atomic E-state index is 0.132. The highest BCUT2D eigenvalue weighted by molar-refractivity contribution is 14.1. The van der Waals surface area contributed by atoms with E-state index in [1.54, 1.807) is 13.2 Å². The smallest absolute Gasteiger partial charge is 0.256 e. The van der Waals surface area contributed by atoms with E-state index in [2.05, 4.69) is 27.9 Å². The molecule has 2 aromatic rings. The van der Waals surface area contributed by atoms with E-state index in [9.17, 15) is 4.79 Å². The summed E-state index contributed by atoms with van der Waals surface area (Å²) in [6.07, 6.45) is 0. The summed E-state index contributed by atoms with van der Waals surface area (Å²) >= 11 is 2.15. The second kappa shape index (κ2) is 6.06. The number of carbonyl (C=O) groups excluding carboxylic acids is 1. The number of nitrogens with one attached hydrogen (secondary N) is 1. The molecule has 0 bridgehead atoms. The maximum atomic E-state index is 12.2. The summed E-state index contributed by atoms with van der Waals surface area (Å²) < 4.78 is 6.20. The third-order valence-corrected chi connectivity index (χ3v) is 3.66. The van der Waals surface area contributed by atoms with Crippen LogP contribution in [0.15, 0.2) is 42.5 Å². The Balaban J connectivity index is 2.27. The van der Waals surface area contributed by atoms with Crippen LogP contribution in [0.3, 0.4) is 0 Å². The summed E-state index contributed by atoms with van der Waals surface area (Å²) in [5.41, 5.74) is 2.42. The van der Waals surface area contributed by atoms with Crippen molar-refractivity contribution in [1.29, 1.82) is 0 Å². The van der Waals surface area contributed by atoms with Crippen LogP contribution in [-0.2, 0) is 0 Å². The number of halogens is 1. The Hall–Kier alpha value is -1.56. The van der Waals surface area contributed by atoms with Crippen LogP contribution in [0.25, 0.3) is 0 Å². The van der Waals surface area contributed by atoms with E-state index in [1.807, 2.05) is 43.3 Å².